The number of hydrogen-bond donors (Lipinski definition) is 1. The van der Waals surface area contributed by atoms with E-state index in [2.05, 4.69) is 38.5 Å². The molecule has 0 amide bonds. The van der Waals surface area contributed by atoms with Gasteiger partial charge in [-0.15, -0.1) is 5.10 Å². The van der Waals surface area contributed by atoms with Crippen molar-refractivity contribution >= 4 is 15.9 Å². The molecule has 78 valence electrons. The van der Waals surface area contributed by atoms with Crippen molar-refractivity contribution in [1.29, 1.82) is 0 Å². The van der Waals surface area contributed by atoms with Crippen molar-refractivity contribution in [3.8, 4) is 0 Å². The van der Waals surface area contributed by atoms with Gasteiger partial charge in [-0.25, -0.2) is 4.68 Å². The number of aromatic nitrogens is 3. The van der Waals surface area contributed by atoms with Crippen molar-refractivity contribution in [1.82, 2.24) is 20.3 Å². The highest BCUT2D eigenvalue weighted by molar-refractivity contribution is 9.10. The summed E-state index contributed by atoms with van der Waals surface area (Å²) in [5, 5.41) is 11.5. The first kappa shape index (κ1) is 10.1. The van der Waals surface area contributed by atoms with Crippen LogP contribution in [-0.4, -0.2) is 21.5 Å². The van der Waals surface area contributed by atoms with Crippen LogP contribution in [0.3, 0.4) is 0 Å². The average molecular weight is 259 g/mol. The first-order chi connectivity index (χ1) is 6.68. The summed E-state index contributed by atoms with van der Waals surface area (Å²) in [6.45, 7) is 3.38. The lowest BCUT2D eigenvalue weighted by Gasteiger charge is -2.28. The van der Waals surface area contributed by atoms with Gasteiger partial charge in [0.25, 0.3) is 0 Å². The number of nitrogens with zero attached hydrogens (tertiary/aromatic N) is 3. The number of halogens is 1. The van der Waals surface area contributed by atoms with E-state index in [0.717, 1.165) is 22.8 Å². The zero-order chi connectivity index (χ0) is 10.1. The average Bonchev–Trinajstić information content (AvgIpc) is 2.46. The van der Waals surface area contributed by atoms with Gasteiger partial charge < -0.3 is 5.32 Å². The van der Waals surface area contributed by atoms with Gasteiger partial charge in [0.15, 0.2) is 4.60 Å². The van der Waals surface area contributed by atoms with Crippen molar-refractivity contribution in [3.63, 3.8) is 0 Å². The highest BCUT2D eigenvalue weighted by Gasteiger charge is 2.24. The van der Waals surface area contributed by atoms with Crippen LogP contribution in [0.4, 0.5) is 0 Å². The minimum Gasteiger partial charge on any atom is -0.309 e. The Kier molecular flexibility index (Phi) is 2.88. The van der Waals surface area contributed by atoms with E-state index in [4.69, 9.17) is 0 Å². The molecule has 0 bridgehead atoms. The summed E-state index contributed by atoms with van der Waals surface area (Å²) in [4.78, 5) is 0. The fourth-order valence-electron chi connectivity index (χ4n) is 2.02. The van der Waals surface area contributed by atoms with Crippen LogP contribution in [0.25, 0.3) is 0 Å². The summed E-state index contributed by atoms with van der Waals surface area (Å²) in [5.74, 6) is 0.781. The Morgan fingerprint density at radius 2 is 2.36 bits per heavy atom. The molecular formula is C9H15BrN4. The van der Waals surface area contributed by atoms with Crippen LogP contribution in [0.15, 0.2) is 4.60 Å². The van der Waals surface area contributed by atoms with E-state index in [1.807, 2.05) is 11.7 Å². The van der Waals surface area contributed by atoms with Crippen LogP contribution < -0.4 is 5.32 Å². The SMILES string of the molecule is CC1CCNC(c2c(Br)nnn2C)C1. The monoisotopic (exact) mass is 258 g/mol. The molecule has 4 nitrogen and oxygen atoms in total. The summed E-state index contributed by atoms with van der Waals surface area (Å²) < 4.78 is 2.71. The van der Waals surface area contributed by atoms with E-state index in [9.17, 15) is 0 Å². The Balaban J connectivity index is 2.21. The standard InChI is InChI=1S/C9H15BrN4/c1-6-3-4-11-7(5-6)8-9(10)12-13-14(8)2/h6-7,11H,3-5H2,1-2H3. The second-order valence-electron chi connectivity index (χ2n) is 4.03. The third-order valence-corrected chi connectivity index (χ3v) is 3.39. The molecule has 1 aromatic rings. The second kappa shape index (κ2) is 3.98. The Labute approximate surface area is 92.2 Å². The summed E-state index contributed by atoms with van der Waals surface area (Å²) in [6, 6.07) is 0.396. The fourth-order valence-corrected chi connectivity index (χ4v) is 2.63. The van der Waals surface area contributed by atoms with Gasteiger partial charge in [-0.05, 0) is 41.2 Å². The maximum absolute atomic E-state index is 4.01. The van der Waals surface area contributed by atoms with Crippen molar-refractivity contribution in [2.45, 2.75) is 25.8 Å². The molecule has 1 aromatic heterocycles. The molecule has 1 aliphatic rings. The van der Waals surface area contributed by atoms with Crippen LogP contribution >= 0.6 is 15.9 Å². The van der Waals surface area contributed by atoms with Gasteiger partial charge in [0, 0.05) is 7.05 Å². The summed E-state index contributed by atoms with van der Waals surface area (Å²) >= 11 is 3.44. The molecule has 1 fully saturated rings. The molecule has 0 spiro atoms. The smallest absolute Gasteiger partial charge is 0.153 e. The molecule has 2 rings (SSSR count). The third kappa shape index (κ3) is 1.83. The Morgan fingerprint density at radius 1 is 1.57 bits per heavy atom. The number of rotatable bonds is 1. The van der Waals surface area contributed by atoms with Crippen molar-refractivity contribution < 1.29 is 0 Å². The van der Waals surface area contributed by atoms with Crippen molar-refractivity contribution in [3.05, 3.63) is 10.3 Å². The zero-order valence-electron chi connectivity index (χ0n) is 8.50. The molecule has 14 heavy (non-hydrogen) atoms. The van der Waals surface area contributed by atoms with Crippen molar-refractivity contribution in [2.24, 2.45) is 13.0 Å². The lowest BCUT2D eigenvalue weighted by atomic mass is 9.93. The van der Waals surface area contributed by atoms with Gasteiger partial charge >= 0.3 is 0 Å². The van der Waals surface area contributed by atoms with Crippen LogP contribution in [0, 0.1) is 5.92 Å². The van der Waals surface area contributed by atoms with Gasteiger partial charge in [-0.2, -0.15) is 0 Å². The largest absolute Gasteiger partial charge is 0.309 e. The molecule has 5 heteroatoms. The molecule has 2 unspecified atom stereocenters. The van der Waals surface area contributed by atoms with Gasteiger partial charge in [0.2, 0.25) is 0 Å². The molecule has 2 atom stereocenters. The first-order valence-corrected chi connectivity index (χ1v) is 5.76. The van der Waals surface area contributed by atoms with Gasteiger partial charge in [0.05, 0.1) is 11.7 Å². The predicted molar refractivity (Wildman–Crippen MR) is 57.8 cm³/mol. The Bertz CT molecular complexity index is 303. The molecule has 0 radical (unpaired) electrons. The molecule has 0 aromatic carbocycles. The number of piperidine rings is 1. The first-order valence-electron chi connectivity index (χ1n) is 4.97. The maximum Gasteiger partial charge on any atom is 0.153 e. The summed E-state index contributed by atoms with van der Waals surface area (Å²) in [7, 11) is 1.94. The van der Waals surface area contributed by atoms with E-state index in [1.165, 1.54) is 12.8 Å². The lowest BCUT2D eigenvalue weighted by molar-refractivity contribution is 0.314. The minimum absolute atomic E-state index is 0.396. The number of nitrogens with one attached hydrogen (secondary N) is 1. The van der Waals surface area contributed by atoms with Crippen LogP contribution in [0.5, 0.6) is 0 Å². The molecule has 2 heterocycles. The second-order valence-corrected chi connectivity index (χ2v) is 4.78. The molecule has 1 N–H and O–H groups in total. The highest BCUT2D eigenvalue weighted by atomic mass is 79.9. The number of aryl methyl sites for hydroxylation is 1. The zero-order valence-corrected chi connectivity index (χ0v) is 10.1. The van der Waals surface area contributed by atoms with Gasteiger partial charge in [-0.1, -0.05) is 12.1 Å². The predicted octanol–water partition coefficient (Wildman–Crippen LogP) is 1.64. The topological polar surface area (TPSA) is 42.7 Å². The van der Waals surface area contributed by atoms with E-state index >= 15 is 0 Å². The third-order valence-electron chi connectivity index (χ3n) is 2.82. The van der Waals surface area contributed by atoms with Crippen LogP contribution in [0.2, 0.25) is 0 Å². The summed E-state index contributed by atoms with van der Waals surface area (Å²) in [5.41, 5.74) is 1.16. The van der Waals surface area contributed by atoms with Crippen molar-refractivity contribution in [2.75, 3.05) is 6.54 Å². The molecule has 0 aliphatic carbocycles. The Hall–Kier alpha value is -0.420. The highest BCUT2D eigenvalue weighted by Crippen LogP contribution is 2.29. The molecular weight excluding hydrogens is 244 g/mol. The van der Waals surface area contributed by atoms with E-state index in [-0.39, 0.29) is 0 Å². The molecule has 0 saturated carbocycles. The Morgan fingerprint density at radius 3 is 2.93 bits per heavy atom. The fraction of sp³-hybridized carbons (Fsp3) is 0.778. The van der Waals surface area contributed by atoms with E-state index < -0.39 is 0 Å². The molecule has 1 saturated heterocycles. The van der Waals surface area contributed by atoms with E-state index in [0.29, 0.717) is 6.04 Å². The normalized spacial score (nSPS) is 27.9. The van der Waals surface area contributed by atoms with Crippen LogP contribution in [0.1, 0.15) is 31.5 Å². The quantitative estimate of drug-likeness (QED) is 0.833. The minimum atomic E-state index is 0.396. The van der Waals surface area contributed by atoms with E-state index in [1.54, 1.807) is 0 Å². The molecule has 1 aliphatic heterocycles. The summed E-state index contributed by atoms with van der Waals surface area (Å²) in [6.07, 6.45) is 2.43. The van der Waals surface area contributed by atoms with Crippen LogP contribution in [-0.2, 0) is 7.05 Å². The van der Waals surface area contributed by atoms with Gasteiger partial charge in [0.1, 0.15) is 0 Å². The lowest BCUT2D eigenvalue weighted by Crippen LogP contribution is -2.32. The van der Waals surface area contributed by atoms with Gasteiger partial charge in [-0.3, -0.25) is 0 Å². The number of hydrogen-bond acceptors (Lipinski definition) is 3. The maximum atomic E-state index is 4.01.